The van der Waals surface area contributed by atoms with Gasteiger partial charge in [0.25, 0.3) is 0 Å². The number of carbonyl (C=O) groups excluding carboxylic acids is 2. The lowest BCUT2D eigenvalue weighted by Gasteiger charge is -2.29. The molecule has 0 fully saturated rings. The first-order chi connectivity index (χ1) is 13.1. The lowest BCUT2D eigenvalue weighted by atomic mass is 10.1. The lowest BCUT2D eigenvalue weighted by molar-refractivity contribution is -0.161. The summed E-state index contributed by atoms with van der Waals surface area (Å²) in [6.45, 7) is 5.74. The molecule has 1 aliphatic rings. The van der Waals surface area contributed by atoms with E-state index in [-0.39, 0.29) is 32.0 Å². The van der Waals surface area contributed by atoms with Gasteiger partial charge in [0.1, 0.15) is 12.2 Å². The van der Waals surface area contributed by atoms with Crippen LogP contribution < -0.4 is 9.47 Å². The average molecular weight is 394 g/mol. The Balaban J connectivity index is 1.83. The van der Waals surface area contributed by atoms with E-state index in [0.29, 0.717) is 6.42 Å². The third kappa shape index (κ3) is 6.30. The van der Waals surface area contributed by atoms with Gasteiger partial charge in [0.05, 0.1) is 6.54 Å². The van der Waals surface area contributed by atoms with Crippen molar-refractivity contribution < 1.29 is 28.5 Å². The largest absolute Gasteiger partial charge is 0.455 e. The molecular weight excluding hydrogens is 364 g/mol. The van der Waals surface area contributed by atoms with Crippen LogP contribution in [0.1, 0.15) is 26.3 Å². The van der Waals surface area contributed by atoms with E-state index in [4.69, 9.17) is 18.9 Å². The van der Waals surface area contributed by atoms with Crippen LogP contribution in [0.4, 0.5) is 4.79 Å². The Hall–Kier alpha value is -2.48. The van der Waals surface area contributed by atoms with E-state index in [0.717, 1.165) is 17.1 Å². The molecule has 8 nitrogen and oxygen atoms in total. The number of fused-ring (bicyclic) bond motifs is 1. The maximum Gasteiger partial charge on any atom is 0.409 e. The number of carbonyl (C=O) groups is 2. The molecule has 1 unspecified atom stereocenters. The van der Waals surface area contributed by atoms with Crippen molar-refractivity contribution in [2.45, 2.75) is 38.8 Å². The van der Waals surface area contributed by atoms with Gasteiger partial charge in [0.15, 0.2) is 11.5 Å². The summed E-state index contributed by atoms with van der Waals surface area (Å²) < 4.78 is 21.4. The molecule has 1 aromatic carbocycles. The summed E-state index contributed by atoms with van der Waals surface area (Å²) in [5.74, 6) is 1.09. The summed E-state index contributed by atoms with van der Waals surface area (Å²) in [5, 5.41) is 0. The second kappa shape index (κ2) is 9.14. The quantitative estimate of drug-likeness (QED) is 0.626. The van der Waals surface area contributed by atoms with Crippen molar-refractivity contribution in [3.8, 4) is 11.5 Å². The molecule has 0 aromatic heterocycles. The molecule has 0 saturated carbocycles. The molecule has 28 heavy (non-hydrogen) atoms. The van der Waals surface area contributed by atoms with E-state index < -0.39 is 11.7 Å². The normalized spacial score (nSPS) is 14.0. The minimum atomic E-state index is -0.899. The molecular formula is C20H30N2O6. The van der Waals surface area contributed by atoms with E-state index >= 15 is 0 Å². The number of hydrogen-bond acceptors (Lipinski definition) is 7. The Labute approximate surface area is 166 Å². The monoisotopic (exact) mass is 394 g/mol. The zero-order chi connectivity index (χ0) is 20.9. The van der Waals surface area contributed by atoms with E-state index in [1.54, 1.807) is 39.9 Å². The maximum absolute atomic E-state index is 12.4. The molecule has 0 saturated heterocycles. The van der Waals surface area contributed by atoms with Gasteiger partial charge in [-0.25, -0.2) is 4.79 Å². The van der Waals surface area contributed by atoms with Crippen LogP contribution >= 0.6 is 0 Å². The van der Waals surface area contributed by atoms with Crippen molar-refractivity contribution in [3.05, 3.63) is 23.8 Å². The number of hydrogen-bond donors (Lipinski definition) is 0. The highest BCUT2D eigenvalue weighted by atomic mass is 16.7. The Morgan fingerprint density at radius 1 is 1.18 bits per heavy atom. The van der Waals surface area contributed by atoms with Crippen LogP contribution in [0, 0.1) is 0 Å². The van der Waals surface area contributed by atoms with Gasteiger partial charge in [-0.15, -0.1) is 0 Å². The first-order valence-corrected chi connectivity index (χ1v) is 9.22. The van der Waals surface area contributed by atoms with Gasteiger partial charge < -0.3 is 23.8 Å². The van der Waals surface area contributed by atoms with Gasteiger partial charge in [-0.05, 0) is 59.0 Å². The fourth-order valence-electron chi connectivity index (χ4n) is 2.69. The van der Waals surface area contributed by atoms with Crippen molar-refractivity contribution in [2.75, 3.05) is 41.1 Å². The highest BCUT2D eigenvalue weighted by Gasteiger charge is 2.27. The number of esters is 1. The molecule has 156 valence electrons. The number of rotatable bonds is 8. The molecule has 1 aromatic rings. The number of amides is 1. The van der Waals surface area contributed by atoms with Crippen molar-refractivity contribution in [2.24, 2.45) is 0 Å². The van der Waals surface area contributed by atoms with Crippen LogP contribution in [0.3, 0.4) is 0 Å². The average Bonchev–Trinajstić information content (AvgIpc) is 3.05. The Morgan fingerprint density at radius 2 is 1.86 bits per heavy atom. The zero-order valence-corrected chi connectivity index (χ0v) is 17.5. The van der Waals surface area contributed by atoms with Gasteiger partial charge in [-0.1, -0.05) is 6.07 Å². The molecule has 1 amide bonds. The third-order valence-electron chi connectivity index (χ3n) is 4.30. The van der Waals surface area contributed by atoms with Crippen molar-refractivity contribution >= 4 is 12.1 Å². The fraction of sp³-hybridized carbons (Fsp3) is 0.600. The van der Waals surface area contributed by atoms with E-state index in [9.17, 15) is 9.59 Å². The van der Waals surface area contributed by atoms with Crippen LogP contribution in [0.15, 0.2) is 18.2 Å². The molecule has 0 bridgehead atoms. The Morgan fingerprint density at radius 3 is 2.54 bits per heavy atom. The third-order valence-corrected chi connectivity index (χ3v) is 4.30. The SMILES string of the molecule is CC(Cc1ccc2c(c1)OCO2)N(C)C(=O)OCC(C)(C)OC(=O)CN(C)C. The van der Waals surface area contributed by atoms with Crippen LogP contribution in [-0.4, -0.2) is 74.6 Å². The van der Waals surface area contributed by atoms with Crippen molar-refractivity contribution in [3.63, 3.8) is 0 Å². The summed E-state index contributed by atoms with van der Waals surface area (Å²) in [4.78, 5) is 27.4. The molecule has 1 heterocycles. The molecule has 0 aliphatic carbocycles. The highest BCUT2D eigenvalue weighted by molar-refractivity contribution is 5.72. The second-order valence-electron chi connectivity index (χ2n) is 7.88. The molecule has 8 heteroatoms. The smallest absolute Gasteiger partial charge is 0.409 e. The maximum atomic E-state index is 12.4. The predicted molar refractivity (Wildman–Crippen MR) is 104 cm³/mol. The summed E-state index contributed by atoms with van der Waals surface area (Å²) in [5.41, 5.74) is 0.138. The first-order valence-electron chi connectivity index (χ1n) is 9.22. The number of ether oxygens (including phenoxy) is 4. The van der Waals surface area contributed by atoms with Crippen molar-refractivity contribution in [1.29, 1.82) is 0 Å². The Bertz CT molecular complexity index is 704. The zero-order valence-electron chi connectivity index (χ0n) is 17.5. The number of likely N-dealkylation sites (N-methyl/N-ethyl adjacent to an activating group) is 2. The van der Waals surface area contributed by atoms with Crippen LogP contribution in [0.5, 0.6) is 11.5 Å². The van der Waals surface area contributed by atoms with Crippen LogP contribution in [-0.2, 0) is 20.7 Å². The number of nitrogens with zero attached hydrogens (tertiary/aromatic N) is 2. The molecule has 0 radical (unpaired) electrons. The van der Waals surface area contributed by atoms with Gasteiger partial charge in [0.2, 0.25) is 6.79 Å². The summed E-state index contributed by atoms with van der Waals surface area (Å²) >= 11 is 0. The van der Waals surface area contributed by atoms with Crippen molar-refractivity contribution in [1.82, 2.24) is 9.80 Å². The molecule has 1 aliphatic heterocycles. The van der Waals surface area contributed by atoms with E-state index in [1.807, 2.05) is 25.1 Å². The van der Waals surface area contributed by atoms with Gasteiger partial charge in [-0.2, -0.15) is 0 Å². The summed E-state index contributed by atoms with van der Waals surface area (Å²) in [6, 6.07) is 5.65. The summed E-state index contributed by atoms with van der Waals surface area (Å²) in [6.07, 6.45) is 0.175. The Kier molecular flexibility index (Phi) is 7.12. The predicted octanol–water partition coefficient (Wildman–Crippen LogP) is 2.30. The number of benzene rings is 1. The second-order valence-corrected chi connectivity index (χ2v) is 7.88. The first kappa shape index (κ1) is 21.8. The van der Waals surface area contributed by atoms with Gasteiger partial charge in [-0.3, -0.25) is 9.69 Å². The van der Waals surface area contributed by atoms with Crippen LogP contribution in [0.25, 0.3) is 0 Å². The van der Waals surface area contributed by atoms with E-state index in [1.165, 1.54) is 4.90 Å². The van der Waals surface area contributed by atoms with E-state index in [2.05, 4.69) is 0 Å². The van der Waals surface area contributed by atoms with Gasteiger partial charge >= 0.3 is 12.1 Å². The molecule has 0 N–H and O–H groups in total. The fourth-order valence-corrected chi connectivity index (χ4v) is 2.69. The molecule has 1 atom stereocenters. The topological polar surface area (TPSA) is 77.5 Å². The highest BCUT2D eigenvalue weighted by Crippen LogP contribution is 2.33. The molecule has 0 spiro atoms. The molecule has 2 rings (SSSR count). The summed E-state index contributed by atoms with van der Waals surface area (Å²) in [7, 11) is 5.25. The standard InChI is InChI=1S/C20H30N2O6/c1-14(9-15-7-8-16-17(10-15)27-13-26-16)22(6)19(24)25-12-20(2,3)28-18(23)11-21(4)5/h7-8,10,14H,9,11-13H2,1-6H3. The van der Waals surface area contributed by atoms with Gasteiger partial charge in [0, 0.05) is 13.1 Å². The minimum Gasteiger partial charge on any atom is -0.455 e. The minimum absolute atomic E-state index is 0.0217. The van der Waals surface area contributed by atoms with Crippen LogP contribution in [0.2, 0.25) is 0 Å². The lowest BCUT2D eigenvalue weighted by Crippen LogP contribution is -2.41.